The lowest BCUT2D eigenvalue weighted by Crippen LogP contribution is -2.14. The number of aryl methyl sites for hydroxylation is 1. The monoisotopic (exact) mass is 423 g/mol. The molecule has 0 aliphatic rings. The average Bonchev–Trinajstić information content (AvgIpc) is 3.17. The Bertz CT molecular complexity index is 980. The molecule has 156 valence electrons. The topological polar surface area (TPSA) is 64.6 Å². The molecule has 6 heteroatoms. The zero-order chi connectivity index (χ0) is 21.3. The third kappa shape index (κ3) is 5.94. The molecule has 0 atom stereocenters. The summed E-state index contributed by atoms with van der Waals surface area (Å²) in [5.74, 6) is 0.194. The molecule has 30 heavy (non-hydrogen) atoms. The van der Waals surface area contributed by atoms with E-state index in [1.165, 1.54) is 16.9 Å². The molecule has 0 radical (unpaired) electrons. The predicted molar refractivity (Wildman–Crippen MR) is 120 cm³/mol. The highest BCUT2D eigenvalue weighted by molar-refractivity contribution is 7.20. The minimum atomic E-state index is -0.436. The van der Waals surface area contributed by atoms with Crippen LogP contribution in [0.5, 0.6) is 5.75 Å². The van der Waals surface area contributed by atoms with Crippen LogP contribution in [0.1, 0.15) is 35.7 Å². The van der Waals surface area contributed by atoms with Gasteiger partial charge in [-0.2, -0.15) is 0 Å². The summed E-state index contributed by atoms with van der Waals surface area (Å²) in [5, 5.41) is 3.38. The lowest BCUT2D eigenvalue weighted by Gasteiger charge is -2.08. The molecule has 0 fully saturated rings. The molecular formula is C24H25NO4S. The van der Waals surface area contributed by atoms with Gasteiger partial charge in [-0.15, -0.1) is 11.3 Å². The van der Waals surface area contributed by atoms with Gasteiger partial charge in [-0.25, -0.2) is 4.79 Å². The van der Waals surface area contributed by atoms with E-state index in [9.17, 15) is 9.59 Å². The number of nitrogens with one attached hydrogen (secondary N) is 1. The molecule has 0 spiro atoms. The molecule has 0 aliphatic heterocycles. The number of esters is 1. The van der Waals surface area contributed by atoms with Crippen molar-refractivity contribution in [3.63, 3.8) is 0 Å². The first-order chi connectivity index (χ1) is 14.6. The number of ether oxygens (including phenoxy) is 2. The van der Waals surface area contributed by atoms with Gasteiger partial charge in [0.2, 0.25) is 5.91 Å². The lowest BCUT2D eigenvalue weighted by atomic mass is 10.1. The van der Waals surface area contributed by atoms with Gasteiger partial charge in [-0.3, -0.25) is 4.79 Å². The van der Waals surface area contributed by atoms with E-state index < -0.39 is 5.97 Å². The van der Waals surface area contributed by atoms with Crippen molar-refractivity contribution in [3.8, 4) is 16.2 Å². The molecule has 0 bridgehead atoms. The van der Waals surface area contributed by atoms with Crippen LogP contribution in [0.15, 0.2) is 60.7 Å². The van der Waals surface area contributed by atoms with Crippen LogP contribution in [-0.4, -0.2) is 25.1 Å². The number of amides is 1. The van der Waals surface area contributed by atoms with E-state index in [1.54, 1.807) is 13.0 Å². The van der Waals surface area contributed by atoms with Crippen molar-refractivity contribution >= 4 is 28.2 Å². The number of hydrogen-bond donors (Lipinski definition) is 1. The SMILES string of the molecule is CCOC(=O)c1cc(-c2ccccc2)sc1NC(=O)CCCOc1ccc(C)cc1. The van der Waals surface area contributed by atoms with Gasteiger partial charge < -0.3 is 14.8 Å². The first-order valence-electron chi connectivity index (χ1n) is 9.92. The van der Waals surface area contributed by atoms with Gasteiger partial charge in [0.1, 0.15) is 10.8 Å². The minimum Gasteiger partial charge on any atom is -0.494 e. The predicted octanol–water partition coefficient (Wildman–Crippen LogP) is 5.70. The van der Waals surface area contributed by atoms with Crippen LogP contribution in [0, 0.1) is 6.92 Å². The van der Waals surface area contributed by atoms with Gasteiger partial charge in [0, 0.05) is 11.3 Å². The van der Waals surface area contributed by atoms with Crippen LogP contribution in [-0.2, 0) is 9.53 Å². The van der Waals surface area contributed by atoms with Gasteiger partial charge in [-0.1, -0.05) is 48.0 Å². The maximum Gasteiger partial charge on any atom is 0.341 e. The summed E-state index contributed by atoms with van der Waals surface area (Å²) in [6.07, 6.45) is 0.873. The zero-order valence-corrected chi connectivity index (χ0v) is 18.0. The minimum absolute atomic E-state index is 0.158. The van der Waals surface area contributed by atoms with E-state index in [1.807, 2.05) is 61.5 Å². The zero-order valence-electron chi connectivity index (χ0n) is 17.1. The van der Waals surface area contributed by atoms with Gasteiger partial charge >= 0.3 is 5.97 Å². The van der Waals surface area contributed by atoms with E-state index in [-0.39, 0.29) is 12.5 Å². The number of hydrogen-bond acceptors (Lipinski definition) is 5. The Balaban J connectivity index is 1.60. The quantitative estimate of drug-likeness (QED) is 0.354. The van der Waals surface area contributed by atoms with Gasteiger partial charge in [0.05, 0.1) is 18.8 Å². The van der Waals surface area contributed by atoms with E-state index in [4.69, 9.17) is 9.47 Å². The van der Waals surface area contributed by atoms with Crippen LogP contribution >= 0.6 is 11.3 Å². The number of carbonyl (C=O) groups is 2. The second-order valence-corrected chi connectivity index (χ2v) is 7.81. The molecule has 1 N–H and O–H groups in total. The van der Waals surface area contributed by atoms with Crippen LogP contribution in [0.4, 0.5) is 5.00 Å². The molecule has 5 nitrogen and oxygen atoms in total. The fraction of sp³-hybridized carbons (Fsp3) is 0.250. The van der Waals surface area contributed by atoms with Crippen molar-refractivity contribution in [1.82, 2.24) is 0 Å². The summed E-state index contributed by atoms with van der Waals surface area (Å²) in [6.45, 7) is 4.50. The first kappa shape index (κ1) is 21.6. The third-order valence-electron chi connectivity index (χ3n) is 4.38. The fourth-order valence-corrected chi connectivity index (χ4v) is 3.90. The number of benzene rings is 2. The van der Waals surface area contributed by atoms with Crippen molar-refractivity contribution in [3.05, 3.63) is 71.8 Å². The summed E-state index contributed by atoms with van der Waals surface area (Å²) >= 11 is 1.37. The average molecular weight is 424 g/mol. The molecule has 1 heterocycles. The van der Waals surface area contributed by atoms with Gasteiger partial charge in [0.25, 0.3) is 0 Å². The molecule has 3 aromatic rings. The van der Waals surface area contributed by atoms with Crippen LogP contribution in [0.25, 0.3) is 10.4 Å². The van der Waals surface area contributed by atoms with Crippen molar-refractivity contribution < 1.29 is 19.1 Å². The maximum absolute atomic E-state index is 12.4. The van der Waals surface area contributed by atoms with E-state index in [0.717, 1.165) is 16.2 Å². The molecule has 0 saturated carbocycles. The van der Waals surface area contributed by atoms with Crippen LogP contribution < -0.4 is 10.1 Å². The van der Waals surface area contributed by atoms with Gasteiger partial charge in [0.15, 0.2) is 0 Å². The molecule has 2 aromatic carbocycles. The highest BCUT2D eigenvalue weighted by Gasteiger charge is 2.19. The Morgan fingerprint density at radius 3 is 2.47 bits per heavy atom. The molecular weight excluding hydrogens is 398 g/mol. The molecule has 1 amide bonds. The Kier molecular flexibility index (Phi) is 7.63. The second-order valence-electron chi connectivity index (χ2n) is 6.75. The van der Waals surface area contributed by atoms with Crippen LogP contribution in [0.3, 0.4) is 0 Å². The number of thiophene rings is 1. The van der Waals surface area contributed by atoms with E-state index in [2.05, 4.69) is 5.32 Å². The Hall–Kier alpha value is -3.12. The Labute approximate surface area is 180 Å². The van der Waals surface area contributed by atoms with E-state index >= 15 is 0 Å². The standard InChI is InChI=1S/C24H25NO4S/c1-3-28-24(27)20-16-21(18-8-5-4-6-9-18)30-23(20)25-22(26)10-7-15-29-19-13-11-17(2)12-14-19/h4-6,8-9,11-14,16H,3,7,10,15H2,1-2H3,(H,25,26). The highest BCUT2D eigenvalue weighted by Crippen LogP contribution is 2.36. The van der Waals surface area contributed by atoms with Crippen molar-refractivity contribution in [1.29, 1.82) is 0 Å². The summed E-state index contributed by atoms with van der Waals surface area (Å²) in [7, 11) is 0. The molecule has 0 unspecified atom stereocenters. The van der Waals surface area contributed by atoms with Crippen molar-refractivity contribution in [2.45, 2.75) is 26.7 Å². The summed E-state index contributed by atoms with van der Waals surface area (Å²) in [4.78, 5) is 25.7. The van der Waals surface area contributed by atoms with E-state index in [0.29, 0.717) is 30.0 Å². The summed E-state index contributed by atoms with van der Waals surface area (Å²) in [5.41, 5.74) is 2.54. The number of anilines is 1. The van der Waals surface area contributed by atoms with Crippen molar-refractivity contribution in [2.75, 3.05) is 18.5 Å². The van der Waals surface area contributed by atoms with Gasteiger partial charge in [-0.05, 0) is 44.0 Å². The Morgan fingerprint density at radius 2 is 1.77 bits per heavy atom. The maximum atomic E-state index is 12.4. The largest absolute Gasteiger partial charge is 0.494 e. The number of carbonyl (C=O) groups excluding carboxylic acids is 2. The second kappa shape index (κ2) is 10.6. The third-order valence-corrected chi connectivity index (χ3v) is 5.48. The highest BCUT2D eigenvalue weighted by atomic mass is 32.1. The lowest BCUT2D eigenvalue weighted by molar-refractivity contribution is -0.116. The summed E-state index contributed by atoms with van der Waals surface area (Å²) in [6, 6.07) is 19.3. The molecule has 1 aromatic heterocycles. The first-order valence-corrected chi connectivity index (χ1v) is 10.7. The smallest absolute Gasteiger partial charge is 0.341 e. The summed E-state index contributed by atoms with van der Waals surface area (Å²) < 4.78 is 10.8. The molecule has 3 rings (SSSR count). The Morgan fingerprint density at radius 1 is 1.03 bits per heavy atom. The fourth-order valence-electron chi connectivity index (χ4n) is 2.84. The van der Waals surface area contributed by atoms with Crippen LogP contribution in [0.2, 0.25) is 0 Å². The molecule has 0 saturated heterocycles. The van der Waals surface area contributed by atoms with Crippen molar-refractivity contribution in [2.24, 2.45) is 0 Å². The molecule has 0 aliphatic carbocycles. The normalized spacial score (nSPS) is 10.5. The number of rotatable bonds is 9.